The topological polar surface area (TPSA) is 70.7 Å². The minimum Gasteiger partial charge on any atom is -0.490 e. The fraction of sp³-hybridized carbons (Fsp3) is 0.280. The maximum absolute atomic E-state index is 12.8. The summed E-state index contributed by atoms with van der Waals surface area (Å²) in [7, 11) is 0. The van der Waals surface area contributed by atoms with Gasteiger partial charge >= 0.3 is 6.03 Å². The smallest absolute Gasteiger partial charge is 0.319 e. The van der Waals surface area contributed by atoms with Crippen molar-refractivity contribution in [3.8, 4) is 5.75 Å². The van der Waals surface area contributed by atoms with Gasteiger partial charge in [0.05, 0.1) is 11.1 Å². The second kappa shape index (κ2) is 8.30. The largest absolute Gasteiger partial charge is 0.490 e. The molecule has 0 saturated carbocycles. The van der Waals surface area contributed by atoms with Gasteiger partial charge in [0.1, 0.15) is 12.4 Å². The average molecular weight is 418 g/mol. The van der Waals surface area contributed by atoms with Crippen LogP contribution in [0.5, 0.6) is 5.75 Å². The Morgan fingerprint density at radius 3 is 2.68 bits per heavy atom. The van der Waals surface area contributed by atoms with Gasteiger partial charge < -0.3 is 20.3 Å². The lowest BCUT2D eigenvalue weighted by atomic mass is 9.93. The Morgan fingerprint density at radius 2 is 1.87 bits per heavy atom. The first-order chi connectivity index (χ1) is 14.9. The number of nitrogens with one attached hydrogen (secondary N) is 2. The summed E-state index contributed by atoms with van der Waals surface area (Å²) in [6.07, 6.45) is 0. The van der Waals surface area contributed by atoms with E-state index in [4.69, 9.17) is 4.74 Å². The summed E-state index contributed by atoms with van der Waals surface area (Å²) < 4.78 is 5.93. The molecule has 1 aliphatic heterocycles. The third-order valence-corrected chi connectivity index (χ3v) is 5.56. The predicted octanol–water partition coefficient (Wildman–Crippen LogP) is 4.93. The molecule has 0 bridgehead atoms. The molecule has 160 valence electrons. The molecule has 3 amide bonds. The standard InChI is InChI=1S/C25H27N3O3/c1-4-28-21-13-12-19(14-22(21)31-16-25(2,3)23(28)29)27-24(30)26-15-18-10-7-9-17-8-5-6-11-20(17)18/h5-14H,4,15-16H2,1-3H3,(H2,26,27,30). The number of urea groups is 1. The van der Waals surface area contributed by atoms with E-state index in [-0.39, 0.29) is 18.5 Å². The van der Waals surface area contributed by atoms with Crippen molar-refractivity contribution < 1.29 is 14.3 Å². The Morgan fingerprint density at radius 1 is 1.10 bits per heavy atom. The number of hydrogen-bond acceptors (Lipinski definition) is 3. The number of hydrogen-bond donors (Lipinski definition) is 2. The van der Waals surface area contributed by atoms with Gasteiger partial charge in [0.25, 0.3) is 0 Å². The molecule has 0 atom stereocenters. The van der Waals surface area contributed by atoms with E-state index in [9.17, 15) is 9.59 Å². The molecule has 4 rings (SSSR count). The molecule has 0 aliphatic carbocycles. The summed E-state index contributed by atoms with van der Waals surface area (Å²) in [5.41, 5.74) is 1.77. The summed E-state index contributed by atoms with van der Waals surface area (Å²) in [6, 6.07) is 19.2. The van der Waals surface area contributed by atoms with E-state index in [1.54, 1.807) is 17.0 Å². The molecule has 3 aromatic carbocycles. The number of rotatable bonds is 4. The number of fused-ring (bicyclic) bond motifs is 2. The molecule has 3 aromatic rings. The van der Waals surface area contributed by atoms with Crippen LogP contribution in [0.4, 0.5) is 16.2 Å². The fourth-order valence-electron chi connectivity index (χ4n) is 3.84. The van der Waals surface area contributed by atoms with Crippen molar-refractivity contribution in [2.75, 3.05) is 23.4 Å². The fourth-order valence-corrected chi connectivity index (χ4v) is 3.84. The van der Waals surface area contributed by atoms with Crippen LogP contribution >= 0.6 is 0 Å². The minimum atomic E-state index is -0.613. The maximum atomic E-state index is 12.8. The van der Waals surface area contributed by atoms with E-state index in [1.807, 2.05) is 51.1 Å². The number of ether oxygens (including phenoxy) is 1. The third-order valence-electron chi connectivity index (χ3n) is 5.56. The van der Waals surface area contributed by atoms with E-state index < -0.39 is 5.41 Å². The Labute approximate surface area is 182 Å². The Hall–Kier alpha value is -3.54. The lowest BCUT2D eigenvalue weighted by Gasteiger charge is -2.26. The molecule has 0 fully saturated rings. The molecular weight excluding hydrogens is 390 g/mol. The highest BCUT2D eigenvalue weighted by Gasteiger charge is 2.37. The first-order valence-corrected chi connectivity index (χ1v) is 10.5. The summed E-state index contributed by atoms with van der Waals surface area (Å²) in [5, 5.41) is 8.04. The van der Waals surface area contributed by atoms with Crippen molar-refractivity contribution in [2.45, 2.75) is 27.3 Å². The van der Waals surface area contributed by atoms with E-state index in [0.29, 0.717) is 24.5 Å². The van der Waals surface area contributed by atoms with Crippen LogP contribution in [0.3, 0.4) is 0 Å². The van der Waals surface area contributed by atoms with Crippen LogP contribution in [0.25, 0.3) is 10.8 Å². The molecule has 0 aromatic heterocycles. The molecule has 0 saturated heterocycles. The van der Waals surface area contributed by atoms with Gasteiger partial charge in [-0.15, -0.1) is 0 Å². The van der Waals surface area contributed by atoms with Crippen molar-refractivity contribution >= 4 is 34.1 Å². The second-order valence-electron chi connectivity index (χ2n) is 8.35. The molecule has 6 nitrogen and oxygen atoms in total. The third kappa shape index (κ3) is 4.19. The van der Waals surface area contributed by atoms with Crippen molar-refractivity contribution in [2.24, 2.45) is 5.41 Å². The Balaban J connectivity index is 1.47. The van der Waals surface area contributed by atoms with Gasteiger partial charge in [-0.3, -0.25) is 4.79 Å². The Bertz CT molecular complexity index is 1130. The molecule has 31 heavy (non-hydrogen) atoms. The van der Waals surface area contributed by atoms with Gasteiger partial charge in [0, 0.05) is 24.8 Å². The molecule has 0 spiro atoms. The van der Waals surface area contributed by atoms with Gasteiger partial charge in [-0.2, -0.15) is 0 Å². The van der Waals surface area contributed by atoms with Crippen LogP contribution in [0.2, 0.25) is 0 Å². The maximum Gasteiger partial charge on any atom is 0.319 e. The molecule has 2 N–H and O–H groups in total. The van der Waals surface area contributed by atoms with Crippen LogP contribution < -0.4 is 20.3 Å². The van der Waals surface area contributed by atoms with Crippen LogP contribution in [-0.2, 0) is 11.3 Å². The highest BCUT2D eigenvalue weighted by atomic mass is 16.5. The zero-order valence-corrected chi connectivity index (χ0v) is 18.1. The zero-order chi connectivity index (χ0) is 22.0. The monoisotopic (exact) mass is 417 g/mol. The molecular formula is C25H27N3O3. The van der Waals surface area contributed by atoms with Crippen LogP contribution in [0, 0.1) is 5.41 Å². The predicted molar refractivity (Wildman–Crippen MR) is 124 cm³/mol. The summed E-state index contributed by atoms with van der Waals surface area (Å²) >= 11 is 0. The van der Waals surface area contributed by atoms with Crippen LogP contribution in [-0.4, -0.2) is 25.1 Å². The van der Waals surface area contributed by atoms with Gasteiger partial charge in [0.15, 0.2) is 0 Å². The first-order valence-electron chi connectivity index (χ1n) is 10.5. The quantitative estimate of drug-likeness (QED) is 0.632. The molecule has 0 radical (unpaired) electrons. The molecule has 1 heterocycles. The van der Waals surface area contributed by atoms with E-state index in [1.165, 1.54) is 0 Å². The van der Waals surface area contributed by atoms with Gasteiger partial charge in [-0.05, 0) is 49.2 Å². The highest BCUT2D eigenvalue weighted by Crippen LogP contribution is 2.38. The van der Waals surface area contributed by atoms with Crippen LogP contribution in [0.15, 0.2) is 60.7 Å². The normalized spacial score (nSPS) is 15.1. The van der Waals surface area contributed by atoms with Crippen molar-refractivity contribution in [1.82, 2.24) is 5.32 Å². The molecule has 0 unspecified atom stereocenters. The lowest BCUT2D eigenvalue weighted by Crippen LogP contribution is -2.42. The van der Waals surface area contributed by atoms with E-state index in [0.717, 1.165) is 22.0 Å². The van der Waals surface area contributed by atoms with Crippen molar-refractivity contribution in [3.05, 3.63) is 66.2 Å². The summed E-state index contributed by atoms with van der Waals surface area (Å²) in [4.78, 5) is 27.0. The van der Waals surface area contributed by atoms with E-state index in [2.05, 4.69) is 28.8 Å². The molecule has 6 heteroatoms. The number of amides is 3. The number of anilines is 2. The zero-order valence-electron chi connectivity index (χ0n) is 18.1. The van der Waals surface area contributed by atoms with Crippen molar-refractivity contribution in [3.63, 3.8) is 0 Å². The minimum absolute atomic E-state index is 0.0299. The van der Waals surface area contributed by atoms with Gasteiger partial charge in [-0.1, -0.05) is 42.5 Å². The van der Waals surface area contributed by atoms with Gasteiger partial charge in [-0.25, -0.2) is 4.79 Å². The number of carbonyl (C=O) groups is 2. The van der Waals surface area contributed by atoms with Crippen molar-refractivity contribution in [1.29, 1.82) is 0 Å². The lowest BCUT2D eigenvalue weighted by molar-refractivity contribution is -0.127. The highest BCUT2D eigenvalue weighted by molar-refractivity contribution is 6.00. The SMILES string of the molecule is CCN1C(=O)C(C)(C)COc2cc(NC(=O)NCc3cccc4ccccc34)ccc21. The number of nitrogens with zero attached hydrogens (tertiary/aromatic N) is 1. The second-order valence-corrected chi connectivity index (χ2v) is 8.35. The average Bonchev–Trinajstić information content (AvgIpc) is 2.86. The summed E-state index contributed by atoms with van der Waals surface area (Å²) in [6.45, 7) is 6.95. The van der Waals surface area contributed by atoms with Crippen LogP contribution in [0.1, 0.15) is 26.3 Å². The first kappa shape index (κ1) is 20.7. The number of carbonyl (C=O) groups excluding carboxylic acids is 2. The Kier molecular flexibility index (Phi) is 5.55. The number of benzene rings is 3. The van der Waals surface area contributed by atoms with E-state index >= 15 is 0 Å². The van der Waals surface area contributed by atoms with Gasteiger partial charge in [0.2, 0.25) is 5.91 Å². The molecule has 1 aliphatic rings. The summed E-state index contributed by atoms with van der Waals surface area (Å²) in [5.74, 6) is 0.620.